The summed E-state index contributed by atoms with van der Waals surface area (Å²) in [5, 5.41) is 11.2. The van der Waals surface area contributed by atoms with Crippen LogP contribution in [0.4, 0.5) is 14.5 Å². The molecule has 1 amide bonds. The minimum atomic E-state index is -0.814. The number of aromatic nitrogens is 4. The maximum Gasteiger partial charge on any atom is 0.234 e. The fourth-order valence-electron chi connectivity index (χ4n) is 2.28. The number of anilines is 1. The summed E-state index contributed by atoms with van der Waals surface area (Å²) in [5.74, 6) is -1.46. The van der Waals surface area contributed by atoms with Crippen LogP contribution in [0.25, 0.3) is 11.5 Å². The molecule has 0 radical (unpaired) electrons. The van der Waals surface area contributed by atoms with Gasteiger partial charge >= 0.3 is 0 Å². The molecule has 1 N–H and O–H groups in total. The molecule has 2 heterocycles. The second-order valence-corrected chi connectivity index (χ2v) is 6.18. The third-order valence-corrected chi connectivity index (χ3v) is 4.41. The maximum absolute atomic E-state index is 14.0. The lowest BCUT2D eigenvalue weighted by molar-refractivity contribution is -0.113. The molecule has 0 fully saturated rings. The standard InChI is InChI=1S/C17H15F2N5OS/c1-2-24-16(15-13(19)8-11(18)9-20-15)22-23-17(24)26-10-14(25)21-12-6-4-3-5-7-12/h3-9H,2,10H2,1H3,(H,21,25). The van der Waals surface area contributed by atoms with Crippen molar-refractivity contribution in [3.8, 4) is 11.5 Å². The summed E-state index contributed by atoms with van der Waals surface area (Å²) in [6.45, 7) is 2.28. The molecule has 134 valence electrons. The summed E-state index contributed by atoms with van der Waals surface area (Å²) in [4.78, 5) is 15.8. The molecule has 3 aromatic rings. The van der Waals surface area contributed by atoms with Gasteiger partial charge < -0.3 is 9.88 Å². The fourth-order valence-corrected chi connectivity index (χ4v) is 3.09. The molecule has 2 aromatic heterocycles. The summed E-state index contributed by atoms with van der Waals surface area (Å²) in [7, 11) is 0. The molecule has 1 aromatic carbocycles. The third kappa shape index (κ3) is 4.05. The highest BCUT2D eigenvalue weighted by Crippen LogP contribution is 2.24. The van der Waals surface area contributed by atoms with E-state index < -0.39 is 11.6 Å². The number of hydrogen-bond donors (Lipinski definition) is 1. The lowest BCUT2D eigenvalue weighted by atomic mass is 10.3. The molecule has 0 aliphatic rings. The Morgan fingerprint density at radius 1 is 1.23 bits per heavy atom. The zero-order chi connectivity index (χ0) is 18.5. The molecule has 0 bridgehead atoms. The van der Waals surface area contributed by atoms with Crippen LogP contribution in [0.3, 0.4) is 0 Å². The van der Waals surface area contributed by atoms with E-state index in [1.54, 1.807) is 16.7 Å². The van der Waals surface area contributed by atoms with E-state index in [4.69, 9.17) is 0 Å². The molecular formula is C17H15F2N5OS. The zero-order valence-electron chi connectivity index (χ0n) is 13.8. The van der Waals surface area contributed by atoms with Gasteiger partial charge in [0.05, 0.1) is 11.9 Å². The predicted molar refractivity (Wildman–Crippen MR) is 94.6 cm³/mol. The number of amides is 1. The second kappa shape index (κ2) is 8.05. The average molecular weight is 375 g/mol. The lowest BCUT2D eigenvalue weighted by Crippen LogP contribution is -2.14. The molecule has 0 aliphatic carbocycles. The van der Waals surface area contributed by atoms with Crippen molar-refractivity contribution in [3.63, 3.8) is 0 Å². The Morgan fingerprint density at radius 2 is 2.00 bits per heavy atom. The van der Waals surface area contributed by atoms with E-state index in [0.29, 0.717) is 17.4 Å². The van der Waals surface area contributed by atoms with Crippen molar-refractivity contribution in [1.82, 2.24) is 19.7 Å². The van der Waals surface area contributed by atoms with Crippen LogP contribution < -0.4 is 5.32 Å². The highest BCUT2D eigenvalue weighted by atomic mass is 32.2. The Bertz CT molecular complexity index is 917. The molecule has 6 nitrogen and oxygen atoms in total. The van der Waals surface area contributed by atoms with Crippen LogP contribution in [0.15, 0.2) is 47.8 Å². The molecule has 0 unspecified atom stereocenters. The highest BCUT2D eigenvalue weighted by Gasteiger charge is 2.19. The van der Waals surface area contributed by atoms with E-state index in [1.807, 2.05) is 25.1 Å². The van der Waals surface area contributed by atoms with Crippen molar-refractivity contribution < 1.29 is 13.6 Å². The van der Waals surface area contributed by atoms with Crippen molar-refractivity contribution in [2.45, 2.75) is 18.6 Å². The number of nitrogens with zero attached hydrogens (tertiary/aromatic N) is 4. The highest BCUT2D eigenvalue weighted by molar-refractivity contribution is 7.99. The number of para-hydroxylation sites is 1. The van der Waals surface area contributed by atoms with Crippen molar-refractivity contribution >= 4 is 23.4 Å². The number of carbonyl (C=O) groups excluding carboxylic acids is 1. The van der Waals surface area contributed by atoms with Crippen molar-refractivity contribution in [2.24, 2.45) is 0 Å². The molecule has 0 saturated carbocycles. The zero-order valence-corrected chi connectivity index (χ0v) is 14.6. The minimum absolute atomic E-state index is 0.0821. The van der Waals surface area contributed by atoms with Gasteiger partial charge in [-0.25, -0.2) is 13.8 Å². The molecular weight excluding hydrogens is 360 g/mol. The van der Waals surface area contributed by atoms with Gasteiger partial charge in [0, 0.05) is 18.3 Å². The number of carbonyl (C=O) groups is 1. The molecule has 0 aliphatic heterocycles. The first kappa shape index (κ1) is 18.0. The van der Waals surface area contributed by atoms with Crippen LogP contribution in [-0.4, -0.2) is 31.4 Å². The first-order chi connectivity index (χ1) is 12.6. The number of pyridine rings is 1. The van der Waals surface area contributed by atoms with Crippen molar-refractivity contribution in [3.05, 3.63) is 54.2 Å². The summed E-state index contributed by atoms with van der Waals surface area (Å²) >= 11 is 1.18. The number of hydrogen-bond acceptors (Lipinski definition) is 5. The van der Waals surface area contributed by atoms with E-state index in [2.05, 4.69) is 20.5 Å². The number of nitrogens with one attached hydrogen (secondary N) is 1. The topological polar surface area (TPSA) is 72.7 Å². The Labute approximate surface area is 152 Å². The molecule has 9 heteroatoms. The summed E-state index contributed by atoms with van der Waals surface area (Å²) in [6.07, 6.45) is 0.924. The molecule has 3 rings (SSSR count). The molecule has 0 saturated heterocycles. The minimum Gasteiger partial charge on any atom is -0.325 e. The van der Waals surface area contributed by atoms with Gasteiger partial charge in [0.2, 0.25) is 5.91 Å². The number of thioether (sulfide) groups is 1. The Kier molecular flexibility index (Phi) is 5.57. The normalized spacial score (nSPS) is 10.7. The monoisotopic (exact) mass is 375 g/mol. The van der Waals surface area contributed by atoms with E-state index in [1.165, 1.54) is 11.8 Å². The summed E-state index contributed by atoms with van der Waals surface area (Å²) in [6, 6.07) is 9.84. The SMILES string of the molecule is CCn1c(SCC(=O)Nc2ccccc2)nnc1-c1ncc(F)cc1F. The van der Waals surface area contributed by atoms with Gasteiger partial charge in [0.1, 0.15) is 11.5 Å². The largest absolute Gasteiger partial charge is 0.325 e. The lowest BCUT2D eigenvalue weighted by Gasteiger charge is -2.08. The van der Waals surface area contributed by atoms with Crippen molar-refractivity contribution in [2.75, 3.05) is 11.1 Å². The number of rotatable bonds is 6. The van der Waals surface area contributed by atoms with Gasteiger partial charge in [-0.05, 0) is 19.1 Å². The number of halogens is 2. The average Bonchev–Trinajstić information content (AvgIpc) is 3.03. The van der Waals surface area contributed by atoms with Gasteiger partial charge in [0.15, 0.2) is 16.8 Å². The first-order valence-corrected chi connectivity index (χ1v) is 8.79. The third-order valence-electron chi connectivity index (χ3n) is 3.44. The van der Waals surface area contributed by atoms with Crippen LogP contribution in [0.5, 0.6) is 0 Å². The van der Waals surface area contributed by atoms with Gasteiger partial charge in [-0.1, -0.05) is 30.0 Å². The van der Waals surface area contributed by atoms with Gasteiger partial charge in [0.25, 0.3) is 0 Å². The van der Waals surface area contributed by atoms with Crippen molar-refractivity contribution in [1.29, 1.82) is 0 Å². The van der Waals surface area contributed by atoms with Crippen LogP contribution in [0.2, 0.25) is 0 Å². The van der Waals surface area contributed by atoms with Gasteiger partial charge in [-0.3, -0.25) is 4.79 Å². The van der Waals surface area contributed by atoms with E-state index in [9.17, 15) is 13.6 Å². The fraction of sp³-hybridized carbons (Fsp3) is 0.176. The second-order valence-electron chi connectivity index (χ2n) is 5.24. The Balaban J connectivity index is 1.73. The van der Waals surface area contributed by atoms with E-state index in [-0.39, 0.29) is 23.2 Å². The summed E-state index contributed by atoms with van der Waals surface area (Å²) < 4.78 is 28.6. The van der Waals surface area contributed by atoms with E-state index in [0.717, 1.165) is 12.3 Å². The quantitative estimate of drug-likeness (QED) is 0.669. The first-order valence-electron chi connectivity index (χ1n) is 7.80. The van der Waals surface area contributed by atoms with Crippen LogP contribution in [0.1, 0.15) is 6.92 Å². The predicted octanol–water partition coefficient (Wildman–Crippen LogP) is 3.37. The Hall–Kier alpha value is -2.81. The van der Waals surface area contributed by atoms with Gasteiger partial charge in [-0.2, -0.15) is 0 Å². The van der Waals surface area contributed by atoms with E-state index >= 15 is 0 Å². The van der Waals surface area contributed by atoms with Crippen LogP contribution in [-0.2, 0) is 11.3 Å². The smallest absolute Gasteiger partial charge is 0.234 e. The number of benzene rings is 1. The van der Waals surface area contributed by atoms with Crippen LogP contribution in [0, 0.1) is 11.6 Å². The Morgan fingerprint density at radius 3 is 2.69 bits per heavy atom. The maximum atomic E-state index is 14.0. The molecule has 26 heavy (non-hydrogen) atoms. The summed E-state index contributed by atoms with van der Waals surface area (Å²) in [5.41, 5.74) is 0.620. The molecule has 0 spiro atoms. The van der Waals surface area contributed by atoms with Crippen LogP contribution >= 0.6 is 11.8 Å². The molecule has 0 atom stereocenters. The van der Waals surface area contributed by atoms with Gasteiger partial charge in [-0.15, -0.1) is 10.2 Å².